The number of hydrogen-bond acceptors (Lipinski definition) is 8. The van der Waals surface area contributed by atoms with E-state index >= 15 is 0 Å². The van der Waals surface area contributed by atoms with Crippen LogP contribution in [0.1, 0.15) is 18.6 Å². The highest BCUT2D eigenvalue weighted by molar-refractivity contribution is 5.88. The minimum Gasteiger partial charge on any atom is -0.441 e. The van der Waals surface area contributed by atoms with Gasteiger partial charge in [-0.1, -0.05) is 5.21 Å². The fourth-order valence-electron chi connectivity index (χ4n) is 2.20. The fraction of sp³-hybridized carbons (Fsp3) is 0.200. The first kappa shape index (κ1) is 18.1. The summed E-state index contributed by atoms with van der Waals surface area (Å²) in [5.74, 6) is -1.29. The monoisotopic (exact) mass is 376 g/mol. The number of halogens is 2. The van der Waals surface area contributed by atoms with E-state index < -0.39 is 24.0 Å². The van der Waals surface area contributed by atoms with E-state index in [2.05, 4.69) is 30.6 Å². The molecular weight excluding hydrogens is 362 g/mol. The number of nitrogens with zero attached hydrogens (tertiary/aromatic N) is 6. The van der Waals surface area contributed by atoms with E-state index in [1.54, 1.807) is 0 Å². The van der Waals surface area contributed by atoms with Crippen LogP contribution in [0.25, 0.3) is 11.4 Å². The van der Waals surface area contributed by atoms with Crippen molar-refractivity contribution in [1.29, 1.82) is 0 Å². The lowest BCUT2D eigenvalue weighted by atomic mass is 10.2. The van der Waals surface area contributed by atoms with Gasteiger partial charge in [0.05, 0.1) is 24.2 Å². The summed E-state index contributed by atoms with van der Waals surface area (Å²) in [6.07, 6.45) is 1.41. The molecule has 3 rings (SSSR count). The fourth-order valence-corrected chi connectivity index (χ4v) is 2.20. The van der Waals surface area contributed by atoms with Crippen LogP contribution >= 0.6 is 0 Å². The van der Waals surface area contributed by atoms with Crippen molar-refractivity contribution < 1.29 is 18.3 Å². The van der Waals surface area contributed by atoms with Gasteiger partial charge >= 0.3 is 6.09 Å². The Morgan fingerprint density at radius 1 is 1.26 bits per heavy atom. The quantitative estimate of drug-likeness (QED) is 0.659. The van der Waals surface area contributed by atoms with Crippen molar-refractivity contribution in [2.75, 3.05) is 11.1 Å². The van der Waals surface area contributed by atoms with Crippen molar-refractivity contribution >= 4 is 17.7 Å². The van der Waals surface area contributed by atoms with Gasteiger partial charge < -0.3 is 10.5 Å². The number of ether oxygens (including phenoxy) is 1. The maximum absolute atomic E-state index is 13.7. The highest BCUT2D eigenvalue weighted by Gasteiger charge is 2.21. The zero-order valence-electron chi connectivity index (χ0n) is 14.2. The van der Waals surface area contributed by atoms with Gasteiger partial charge in [-0.05, 0) is 13.0 Å². The standard InChI is InChI=1S/C15H14F2N8O2/c1-7(9-3-8(16)4-21-13(9)17)27-15(26)22-14-12(23-24-25(14)2)10-5-20-11(18)6-19-10/h3-7H,1-2H3,(H2,18,20)(H,22,26)/t7-/m1/s1. The number of nitrogens with one attached hydrogen (secondary N) is 1. The average molecular weight is 376 g/mol. The Kier molecular flexibility index (Phi) is 4.88. The van der Waals surface area contributed by atoms with Gasteiger partial charge in [0.1, 0.15) is 23.4 Å². The second-order valence-electron chi connectivity index (χ2n) is 5.44. The van der Waals surface area contributed by atoms with Crippen molar-refractivity contribution in [3.8, 4) is 11.4 Å². The summed E-state index contributed by atoms with van der Waals surface area (Å²) < 4.78 is 33.3. The maximum Gasteiger partial charge on any atom is 0.413 e. The topological polar surface area (TPSA) is 134 Å². The molecule has 0 saturated carbocycles. The highest BCUT2D eigenvalue weighted by atomic mass is 19.1. The van der Waals surface area contributed by atoms with E-state index in [4.69, 9.17) is 10.5 Å². The van der Waals surface area contributed by atoms with Gasteiger partial charge in [0, 0.05) is 7.05 Å². The van der Waals surface area contributed by atoms with Crippen LogP contribution in [-0.4, -0.2) is 36.0 Å². The SMILES string of the molecule is C[C@@H](OC(=O)Nc1c(-c2cnc(N)cn2)nnn1C)c1cc(F)cnc1F. The molecule has 0 saturated heterocycles. The Bertz CT molecular complexity index is 976. The molecule has 0 aliphatic heterocycles. The highest BCUT2D eigenvalue weighted by Crippen LogP contribution is 2.24. The first-order valence-electron chi connectivity index (χ1n) is 7.61. The molecule has 0 fully saturated rings. The Morgan fingerprint density at radius 2 is 2.04 bits per heavy atom. The van der Waals surface area contributed by atoms with Gasteiger partial charge in [0.15, 0.2) is 11.5 Å². The Balaban J connectivity index is 1.77. The predicted octanol–water partition coefficient (Wildman–Crippen LogP) is 1.84. The molecule has 27 heavy (non-hydrogen) atoms. The molecule has 140 valence electrons. The molecule has 0 bridgehead atoms. The maximum atomic E-state index is 13.7. The zero-order chi connectivity index (χ0) is 19.6. The summed E-state index contributed by atoms with van der Waals surface area (Å²) in [6, 6.07) is 0.904. The third kappa shape index (κ3) is 3.94. The molecule has 0 aliphatic rings. The second-order valence-corrected chi connectivity index (χ2v) is 5.44. The van der Waals surface area contributed by atoms with Crippen LogP contribution in [0.5, 0.6) is 0 Å². The van der Waals surface area contributed by atoms with Crippen molar-refractivity contribution in [2.45, 2.75) is 13.0 Å². The minimum absolute atomic E-state index is 0.170. The number of nitrogens with two attached hydrogens (primary N) is 1. The summed E-state index contributed by atoms with van der Waals surface area (Å²) in [5, 5.41) is 10.2. The second kappa shape index (κ2) is 7.27. The molecule has 0 spiro atoms. The lowest BCUT2D eigenvalue weighted by molar-refractivity contribution is 0.118. The predicted molar refractivity (Wildman–Crippen MR) is 89.1 cm³/mol. The molecule has 3 N–H and O–H groups in total. The molecule has 10 nitrogen and oxygen atoms in total. The van der Waals surface area contributed by atoms with Crippen LogP contribution in [0.15, 0.2) is 24.7 Å². The largest absolute Gasteiger partial charge is 0.441 e. The van der Waals surface area contributed by atoms with Crippen LogP contribution in [0, 0.1) is 11.8 Å². The van der Waals surface area contributed by atoms with Gasteiger partial charge in [-0.3, -0.25) is 5.32 Å². The summed E-state index contributed by atoms with van der Waals surface area (Å²) in [4.78, 5) is 23.4. The molecule has 1 atom stereocenters. The van der Waals surface area contributed by atoms with Gasteiger partial charge in [0.25, 0.3) is 0 Å². The first-order chi connectivity index (χ1) is 12.8. The van der Waals surface area contributed by atoms with E-state index in [1.807, 2.05) is 0 Å². The Morgan fingerprint density at radius 3 is 2.74 bits per heavy atom. The molecule has 3 heterocycles. The van der Waals surface area contributed by atoms with Gasteiger partial charge in [-0.2, -0.15) is 4.39 Å². The molecule has 0 aliphatic carbocycles. The number of pyridine rings is 1. The smallest absolute Gasteiger partial charge is 0.413 e. The van der Waals surface area contributed by atoms with E-state index in [1.165, 1.54) is 31.0 Å². The molecule has 0 aromatic carbocycles. The van der Waals surface area contributed by atoms with Crippen LogP contribution in [-0.2, 0) is 11.8 Å². The lowest BCUT2D eigenvalue weighted by Crippen LogP contribution is -2.19. The molecule has 0 radical (unpaired) electrons. The van der Waals surface area contributed by atoms with E-state index in [-0.39, 0.29) is 22.9 Å². The zero-order valence-corrected chi connectivity index (χ0v) is 14.2. The van der Waals surface area contributed by atoms with Crippen molar-refractivity contribution in [3.63, 3.8) is 0 Å². The normalized spacial score (nSPS) is 11.9. The van der Waals surface area contributed by atoms with Crippen LogP contribution in [0.2, 0.25) is 0 Å². The summed E-state index contributed by atoms with van der Waals surface area (Å²) in [6.45, 7) is 1.38. The van der Waals surface area contributed by atoms with E-state index in [9.17, 15) is 13.6 Å². The van der Waals surface area contributed by atoms with E-state index in [0.717, 1.165) is 12.3 Å². The third-order valence-electron chi connectivity index (χ3n) is 3.52. The van der Waals surface area contributed by atoms with Crippen molar-refractivity contribution in [1.82, 2.24) is 29.9 Å². The summed E-state index contributed by atoms with van der Waals surface area (Å²) >= 11 is 0. The minimum atomic E-state index is -1.09. The summed E-state index contributed by atoms with van der Waals surface area (Å²) in [5.41, 5.74) is 5.85. The first-order valence-corrected chi connectivity index (χ1v) is 7.61. The molecular formula is C15H14F2N8O2. The number of rotatable bonds is 4. The Labute approximate surface area is 151 Å². The number of aromatic nitrogens is 6. The molecule has 1 amide bonds. The Hall–Kier alpha value is -3.70. The van der Waals surface area contributed by atoms with Gasteiger partial charge in [0.2, 0.25) is 5.95 Å². The van der Waals surface area contributed by atoms with E-state index in [0.29, 0.717) is 5.69 Å². The summed E-state index contributed by atoms with van der Waals surface area (Å²) in [7, 11) is 1.54. The number of carbonyl (C=O) groups is 1. The number of aryl methyl sites for hydroxylation is 1. The van der Waals surface area contributed by atoms with Crippen LogP contribution < -0.4 is 11.1 Å². The van der Waals surface area contributed by atoms with Gasteiger partial charge in [-0.25, -0.2) is 28.8 Å². The average Bonchev–Trinajstić information content (AvgIpc) is 2.98. The third-order valence-corrected chi connectivity index (χ3v) is 3.52. The van der Waals surface area contributed by atoms with Crippen LogP contribution in [0.3, 0.4) is 0 Å². The number of anilines is 2. The van der Waals surface area contributed by atoms with Crippen LogP contribution in [0.4, 0.5) is 25.2 Å². The number of nitrogen functional groups attached to an aromatic ring is 1. The lowest BCUT2D eigenvalue weighted by Gasteiger charge is -2.14. The number of hydrogen-bond donors (Lipinski definition) is 2. The van der Waals surface area contributed by atoms with Crippen molar-refractivity contribution in [3.05, 3.63) is 42.0 Å². The van der Waals surface area contributed by atoms with Gasteiger partial charge in [-0.15, -0.1) is 5.10 Å². The molecule has 12 heteroatoms. The number of amides is 1. The molecule has 3 aromatic heterocycles. The number of carbonyl (C=O) groups excluding carboxylic acids is 1. The van der Waals surface area contributed by atoms with Crippen molar-refractivity contribution in [2.24, 2.45) is 7.05 Å². The molecule has 3 aromatic rings. The molecule has 0 unspecified atom stereocenters.